The molecule has 1 heterocycles. The van der Waals surface area contributed by atoms with Gasteiger partial charge in [0.05, 0.1) is 7.11 Å². The first-order chi connectivity index (χ1) is 9.54. The summed E-state index contributed by atoms with van der Waals surface area (Å²) in [4.78, 5) is 15.9. The third-order valence-corrected chi connectivity index (χ3v) is 2.29. The zero-order valence-electron chi connectivity index (χ0n) is 10.6. The molecule has 0 fully saturated rings. The number of nitrogens with zero attached hydrogens (tertiary/aromatic N) is 1. The van der Waals surface area contributed by atoms with Crippen LogP contribution in [0.2, 0.25) is 0 Å². The van der Waals surface area contributed by atoms with E-state index in [9.17, 15) is 17.7 Å². The molecule has 0 amide bonds. The summed E-state index contributed by atoms with van der Waals surface area (Å²) in [7, 11) is -2.07. The summed E-state index contributed by atoms with van der Waals surface area (Å²) < 4.78 is 34.0. The van der Waals surface area contributed by atoms with Gasteiger partial charge in [-0.1, -0.05) is 0 Å². The molecule has 0 aliphatic rings. The van der Waals surface area contributed by atoms with Crippen LogP contribution in [-0.4, -0.2) is 25.4 Å². The minimum absolute atomic E-state index is 0.00921. The Morgan fingerprint density at radius 2 is 1.45 bits per heavy atom. The number of carbonyl (C=O) groups is 1. The average molecular weight is 281 g/mol. The molecule has 2 aromatic rings. The Balaban J connectivity index is 0.000000444. The molecule has 20 heavy (non-hydrogen) atoms. The molecule has 0 saturated carbocycles. The van der Waals surface area contributed by atoms with Crippen molar-refractivity contribution in [2.45, 2.75) is 0 Å². The van der Waals surface area contributed by atoms with Gasteiger partial charge < -0.3 is 4.74 Å². The molecule has 0 N–H and O–H groups in total. The molecule has 1 aromatic heterocycles. The van der Waals surface area contributed by atoms with Gasteiger partial charge in [0.15, 0.2) is 5.78 Å². The fourth-order valence-corrected chi connectivity index (χ4v) is 1.41. The SMILES string of the molecule is COc1ccc(C(=O)c2ccncc2)cc1.FB(F)F. The fraction of sp³-hybridized carbons (Fsp3) is 0.0769. The summed E-state index contributed by atoms with van der Waals surface area (Å²) in [5.41, 5.74) is 1.28. The van der Waals surface area contributed by atoms with E-state index in [2.05, 4.69) is 4.98 Å². The van der Waals surface area contributed by atoms with Crippen molar-refractivity contribution in [2.75, 3.05) is 7.11 Å². The molecule has 0 aliphatic carbocycles. The monoisotopic (exact) mass is 281 g/mol. The first-order valence-electron chi connectivity index (χ1n) is 5.55. The maximum atomic E-state index is 12.0. The van der Waals surface area contributed by atoms with Gasteiger partial charge in [-0.25, -0.2) is 0 Å². The summed E-state index contributed by atoms with van der Waals surface area (Å²) in [6.45, 7) is 0. The van der Waals surface area contributed by atoms with E-state index in [1.165, 1.54) is 0 Å². The number of methoxy groups -OCH3 is 1. The van der Waals surface area contributed by atoms with Gasteiger partial charge in [-0.3, -0.25) is 22.7 Å². The smallest absolute Gasteiger partial charge is 0.497 e. The van der Waals surface area contributed by atoms with Crippen molar-refractivity contribution in [1.29, 1.82) is 0 Å². The van der Waals surface area contributed by atoms with Gasteiger partial charge in [0, 0.05) is 23.5 Å². The van der Waals surface area contributed by atoms with Crippen LogP contribution in [0.5, 0.6) is 5.75 Å². The van der Waals surface area contributed by atoms with Crippen molar-refractivity contribution in [3.8, 4) is 5.75 Å². The van der Waals surface area contributed by atoms with Gasteiger partial charge in [0.2, 0.25) is 0 Å². The van der Waals surface area contributed by atoms with Crippen LogP contribution in [0.1, 0.15) is 15.9 Å². The van der Waals surface area contributed by atoms with Crippen molar-refractivity contribution in [1.82, 2.24) is 4.98 Å². The van der Waals surface area contributed by atoms with E-state index >= 15 is 0 Å². The average Bonchev–Trinajstić information content (AvgIpc) is 2.47. The van der Waals surface area contributed by atoms with Gasteiger partial charge in [-0.05, 0) is 36.4 Å². The lowest BCUT2D eigenvalue weighted by Crippen LogP contribution is -2.00. The summed E-state index contributed by atoms with van der Waals surface area (Å²) in [6.07, 6.45) is 3.22. The second-order valence-electron chi connectivity index (χ2n) is 3.54. The highest BCUT2D eigenvalue weighted by atomic mass is 19.4. The van der Waals surface area contributed by atoms with E-state index in [1.54, 1.807) is 55.9 Å². The predicted molar refractivity (Wildman–Crippen MR) is 69.7 cm³/mol. The molecule has 1 aromatic carbocycles. The molecule has 0 saturated heterocycles. The Kier molecular flexibility index (Phi) is 6.29. The topological polar surface area (TPSA) is 39.2 Å². The normalized spacial score (nSPS) is 9.20. The van der Waals surface area contributed by atoms with Crippen molar-refractivity contribution < 1.29 is 22.5 Å². The largest absolute Gasteiger partial charge is 0.762 e. The lowest BCUT2D eigenvalue weighted by Gasteiger charge is -2.02. The minimum atomic E-state index is -3.67. The number of ketones is 1. The van der Waals surface area contributed by atoms with Gasteiger partial charge >= 0.3 is 7.54 Å². The number of rotatable bonds is 3. The Morgan fingerprint density at radius 1 is 1.00 bits per heavy atom. The molecule has 0 atom stereocenters. The standard InChI is InChI=1S/C13H11NO2.BF3/c1-16-12-4-2-10(3-5-12)13(15)11-6-8-14-9-7-11;2-1(3)4/h2-9H,1H3;. The summed E-state index contributed by atoms with van der Waals surface area (Å²) in [5, 5.41) is 0. The van der Waals surface area contributed by atoms with Gasteiger partial charge in [-0.15, -0.1) is 0 Å². The van der Waals surface area contributed by atoms with Crippen molar-refractivity contribution >= 4 is 13.3 Å². The molecular formula is C13H11BF3NO2. The lowest BCUT2D eigenvalue weighted by molar-refractivity contribution is 0.103. The third-order valence-electron chi connectivity index (χ3n) is 2.29. The van der Waals surface area contributed by atoms with E-state index in [0.717, 1.165) is 5.75 Å². The van der Waals surface area contributed by atoms with Crippen molar-refractivity contribution in [3.63, 3.8) is 0 Å². The van der Waals surface area contributed by atoms with E-state index in [0.29, 0.717) is 11.1 Å². The van der Waals surface area contributed by atoms with Crippen LogP contribution in [0.25, 0.3) is 0 Å². The maximum Gasteiger partial charge on any atom is 0.762 e. The Morgan fingerprint density at radius 3 is 1.90 bits per heavy atom. The number of carbonyl (C=O) groups excluding carboxylic acids is 1. The van der Waals surface area contributed by atoms with Gasteiger partial charge in [0.1, 0.15) is 5.75 Å². The van der Waals surface area contributed by atoms with E-state index in [1.807, 2.05) is 0 Å². The molecule has 0 bridgehead atoms. The van der Waals surface area contributed by atoms with Crippen LogP contribution in [0.3, 0.4) is 0 Å². The molecule has 0 unspecified atom stereocenters. The van der Waals surface area contributed by atoms with Crippen molar-refractivity contribution in [3.05, 3.63) is 59.9 Å². The molecule has 0 aliphatic heterocycles. The summed E-state index contributed by atoms with van der Waals surface area (Å²) in [6, 6.07) is 10.4. The number of ether oxygens (including phenoxy) is 1. The predicted octanol–water partition coefficient (Wildman–Crippen LogP) is 3.20. The molecule has 0 spiro atoms. The second kappa shape index (κ2) is 7.98. The number of benzene rings is 1. The minimum Gasteiger partial charge on any atom is -0.497 e. The first-order valence-corrected chi connectivity index (χ1v) is 5.55. The van der Waals surface area contributed by atoms with Crippen LogP contribution in [-0.2, 0) is 0 Å². The Labute approximate surface area is 114 Å². The molecule has 7 heteroatoms. The van der Waals surface area contributed by atoms with E-state index < -0.39 is 7.54 Å². The van der Waals surface area contributed by atoms with Crippen LogP contribution in [0, 0.1) is 0 Å². The number of hydrogen-bond acceptors (Lipinski definition) is 3. The quantitative estimate of drug-likeness (QED) is 0.640. The van der Waals surface area contributed by atoms with Crippen LogP contribution in [0.4, 0.5) is 12.9 Å². The van der Waals surface area contributed by atoms with Crippen LogP contribution >= 0.6 is 0 Å². The lowest BCUT2D eigenvalue weighted by atomic mass is 10.0. The van der Waals surface area contributed by atoms with E-state index in [4.69, 9.17) is 4.74 Å². The third kappa shape index (κ3) is 5.13. The van der Waals surface area contributed by atoms with Gasteiger partial charge in [0.25, 0.3) is 0 Å². The zero-order valence-corrected chi connectivity index (χ0v) is 10.6. The van der Waals surface area contributed by atoms with Crippen molar-refractivity contribution in [2.24, 2.45) is 0 Å². The molecule has 0 radical (unpaired) electrons. The number of aromatic nitrogens is 1. The number of pyridine rings is 1. The maximum absolute atomic E-state index is 12.0. The highest BCUT2D eigenvalue weighted by Gasteiger charge is 2.08. The van der Waals surface area contributed by atoms with E-state index in [-0.39, 0.29) is 5.78 Å². The Bertz CT molecular complexity index is 532. The second-order valence-corrected chi connectivity index (χ2v) is 3.54. The van der Waals surface area contributed by atoms with Crippen LogP contribution < -0.4 is 4.74 Å². The first kappa shape index (κ1) is 15.8. The molecule has 104 valence electrons. The Hall–Kier alpha value is -2.31. The molecular weight excluding hydrogens is 270 g/mol. The van der Waals surface area contributed by atoms with Gasteiger partial charge in [-0.2, -0.15) is 0 Å². The summed E-state index contributed by atoms with van der Waals surface area (Å²) in [5.74, 6) is 0.733. The molecule has 3 nitrogen and oxygen atoms in total. The zero-order chi connectivity index (χ0) is 15.0. The molecule has 2 rings (SSSR count). The summed E-state index contributed by atoms with van der Waals surface area (Å²) >= 11 is 0. The number of hydrogen-bond donors (Lipinski definition) is 0. The highest BCUT2D eigenvalue weighted by Crippen LogP contribution is 2.14. The van der Waals surface area contributed by atoms with Crippen LogP contribution in [0.15, 0.2) is 48.8 Å². The highest BCUT2D eigenvalue weighted by molar-refractivity contribution is 6.33. The number of halogens is 3. The fourth-order valence-electron chi connectivity index (χ4n) is 1.41.